The Morgan fingerprint density at radius 3 is 2.50 bits per heavy atom. The third kappa shape index (κ3) is 3.76. The van der Waals surface area contributed by atoms with Crippen molar-refractivity contribution >= 4 is 11.6 Å². The molecule has 28 heavy (non-hydrogen) atoms. The van der Waals surface area contributed by atoms with E-state index in [2.05, 4.69) is 10.1 Å². The van der Waals surface area contributed by atoms with E-state index in [-0.39, 0.29) is 17.9 Å². The molecule has 1 aliphatic rings. The molecule has 6 heteroatoms. The highest BCUT2D eigenvalue weighted by Gasteiger charge is 2.35. The van der Waals surface area contributed by atoms with E-state index < -0.39 is 0 Å². The van der Waals surface area contributed by atoms with E-state index in [9.17, 15) is 4.79 Å². The van der Waals surface area contributed by atoms with Crippen LogP contribution in [0.1, 0.15) is 37.6 Å². The summed E-state index contributed by atoms with van der Waals surface area (Å²) in [6.45, 7) is 6.55. The quantitative estimate of drug-likeness (QED) is 0.661. The summed E-state index contributed by atoms with van der Waals surface area (Å²) in [5.41, 5.74) is 2.92. The molecule has 1 unspecified atom stereocenters. The van der Waals surface area contributed by atoms with E-state index in [1.165, 1.54) is 5.56 Å². The summed E-state index contributed by atoms with van der Waals surface area (Å²) in [7, 11) is 0. The van der Waals surface area contributed by atoms with Gasteiger partial charge in [0.05, 0.1) is 12.0 Å². The molecule has 1 atom stereocenters. The van der Waals surface area contributed by atoms with Gasteiger partial charge in [-0.25, -0.2) is 0 Å². The van der Waals surface area contributed by atoms with Gasteiger partial charge in [0, 0.05) is 24.2 Å². The summed E-state index contributed by atoms with van der Waals surface area (Å²) in [4.78, 5) is 18.8. The molecule has 1 amide bonds. The molecular weight excluding hydrogens is 354 g/mol. The lowest BCUT2D eigenvalue weighted by molar-refractivity contribution is -0.117. The predicted molar refractivity (Wildman–Crippen MR) is 106 cm³/mol. The highest BCUT2D eigenvalue weighted by atomic mass is 16.5. The largest absolute Gasteiger partial charge is 0.491 e. The number of hydrogen-bond acceptors (Lipinski definition) is 5. The molecule has 3 aromatic rings. The lowest BCUT2D eigenvalue weighted by atomic mass is 10.1. The van der Waals surface area contributed by atoms with Crippen LogP contribution in [0.4, 0.5) is 5.69 Å². The second kappa shape index (κ2) is 7.46. The van der Waals surface area contributed by atoms with E-state index in [0.717, 1.165) is 17.0 Å². The van der Waals surface area contributed by atoms with Crippen molar-refractivity contribution in [1.29, 1.82) is 0 Å². The SMILES string of the molecule is Cc1ccc(N2CC(c3nc(-c4ccc(OC(C)C)cc4)no3)CC2=O)cc1. The molecule has 0 radical (unpaired) electrons. The number of nitrogens with zero attached hydrogens (tertiary/aromatic N) is 3. The zero-order valence-electron chi connectivity index (χ0n) is 16.3. The highest BCUT2D eigenvalue weighted by molar-refractivity contribution is 5.96. The first-order valence-corrected chi connectivity index (χ1v) is 9.47. The fourth-order valence-electron chi connectivity index (χ4n) is 3.32. The Labute approximate surface area is 164 Å². The minimum atomic E-state index is -0.0985. The van der Waals surface area contributed by atoms with Crippen LogP contribution in [0.15, 0.2) is 53.1 Å². The Morgan fingerprint density at radius 1 is 1.11 bits per heavy atom. The summed E-state index contributed by atoms with van der Waals surface area (Å²) < 4.78 is 11.1. The van der Waals surface area contributed by atoms with Crippen LogP contribution in [0.5, 0.6) is 5.75 Å². The van der Waals surface area contributed by atoms with Gasteiger partial charge in [-0.15, -0.1) is 0 Å². The van der Waals surface area contributed by atoms with Crippen molar-refractivity contribution in [3.8, 4) is 17.1 Å². The van der Waals surface area contributed by atoms with Crippen LogP contribution < -0.4 is 9.64 Å². The zero-order valence-corrected chi connectivity index (χ0v) is 16.3. The van der Waals surface area contributed by atoms with Crippen molar-refractivity contribution < 1.29 is 14.1 Å². The minimum Gasteiger partial charge on any atom is -0.491 e. The highest BCUT2D eigenvalue weighted by Crippen LogP contribution is 2.32. The number of aryl methyl sites for hydroxylation is 1. The van der Waals surface area contributed by atoms with Gasteiger partial charge in [0.25, 0.3) is 0 Å². The van der Waals surface area contributed by atoms with Gasteiger partial charge in [-0.3, -0.25) is 4.79 Å². The van der Waals surface area contributed by atoms with Crippen LogP contribution in [0.2, 0.25) is 0 Å². The average molecular weight is 377 g/mol. The standard InChI is InChI=1S/C22H23N3O3/c1-14(2)27-19-10-6-16(7-11-19)21-23-22(28-24-21)17-12-20(26)25(13-17)18-8-4-15(3)5-9-18/h4-11,14,17H,12-13H2,1-3H3. The lowest BCUT2D eigenvalue weighted by Crippen LogP contribution is -2.24. The van der Waals surface area contributed by atoms with Crippen LogP contribution in [0.25, 0.3) is 11.4 Å². The smallest absolute Gasteiger partial charge is 0.232 e. The number of ether oxygens (including phenoxy) is 1. The second-order valence-electron chi connectivity index (χ2n) is 7.39. The van der Waals surface area contributed by atoms with Crippen molar-refractivity contribution in [2.75, 3.05) is 11.4 Å². The fraction of sp³-hybridized carbons (Fsp3) is 0.318. The second-order valence-corrected chi connectivity index (χ2v) is 7.39. The number of amides is 1. The van der Waals surface area contributed by atoms with Crippen LogP contribution in [-0.4, -0.2) is 28.7 Å². The molecule has 1 fully saturated rings. The third-order valence-electron chi connectivity index (χ3n) is 4.75. The molecule has 0 N–H and O–H groups in total. The Morgan fingerprint density at radius 2 is 1.82 bits per heavy atom. The van der Waals surface area contributed by atoms with Crippen LogP contribution in [0, 0.1) is 6.92 Å². The van der Waals surface area contributed by atoms with E-state index >= 15 is 0 Å². The molecule has 2 heterocycles. The van der Waals surface area contributed by atoms with E-state index in [1.54, 1.807) is 4.90 Å². The molecule has 6 nitrogen and oxygen atoms in total. The van der Waals surface area contributed by atoms with Gasteiger partial charge in [-0.1, -0.05) is 22.9 Å². The molecule has 2 aromatic carbocycles. The van der Waals surface area contributed by atoms with Gasteiger partial charge in [0.1, 0.15) is 5.75 Å². The molecule has 0 saturated carbocycles. The molecular formula is C22H23N3O3. The van der Waals surface area contributed by atoms with Gasteiger partial charge < -0.3 is 14.2 Å². The topological polar surface area (TPSA) is 68.5 Å². The number of carbonyl (C=O) groups is 1. The van der Waals surface area contributed by atoms with Gasteiger partial charge in [-0.05, 0) is 57.2 Å². The van der Waals surface area contributed by atoms with Crippen LogP contribution >= 0.6 is 0 Å². The van der Waals surface area contributed by atoms with Gasteiger partial charge in [0.2, 0.25) is 17.6 Å². The maximum Gasteiger partial charge on any atom is 0.232 e. The average Bonchev–Trinajstić information content (AvgIpc) is 3.30. The number of hydrogen-bond donors (Lipinski definition) is 0. The number of aromatic nitrogens is 2. The van der Waals surface area contributed by atoms with Crippen molar-refractivity contribution in [3.63, 3.8) is 0 Å². The Bertz CT molecular complexity index is 961. The first kappa shape index (κ1) is 18.2. The number of rotatable bonds is 5. The monoisotopic (exact) mass is 377 g/mol. The summed E-state index contributed by atoms with van der Waals surface area (Å²) in [5, 5.41) is 4.10. The zero-order chi connectivity index (χ0) is 19.7. The van der Waals surface area contributed by atoms with Crippen LogP contribution in [0.3, 0.4) is 0 Å². The number of anilines is 1. The fourth-order valence-corrected chi connectivity index (χ4v) is 3.32. The molecule has 0 bridgehead atoms. The molecule has 4 rings (SSSR count). The number of carbonyl (C=O) groups excluding carboxylic acids is 1. The van der Waals surface area contributed by atoms with Crippen molar-refractivity contribution in [1.82, 2.24) is 10.1 Å². The third-order valence-corrected chi connectivity index (χ3v) is 4.75. The Hall–Kier alpha value is -3.15. The summed E-state index contributed by atoms with van der Waals surface area (Å²) >= 11 is 0. The van der Waals surface area contributed by atoms with E-state index in [1.807, 2.05) is 69.3 Å². The van der Waals surface area contributed by atoms with Crippen molar-refractivity contribution in [2.45, 2.75) is 39.2 Å². The molecule has 1 saturated heterocycles. The van der Waals surface area contributed by atoms with Crippen molar-refractivity contribution in [2.24, 2.45) is 0 Å². The normalized spacial score (nSPS) is 16.8. The summed E-state index contributed by atoms with van der Waals surface area (Å²) in [5.74, 6) is 1.80. The molecule has 0 aliphatic carbocycles. The Kier molecular flexibility index (Phi) is 4.86. The molecule has 144 valence electrons. The molecule has 1 aromatic heterocycles. The summed E-state index contributed by atoms with van der Waals surface area (Å²) in [6, 6.07) is 15.6. The molecule has 1 aliphatic heterocycles. The van der Waals surface area contributed by atoms with Crippen LogP contribution in [-0.2, 0) is 4.79 Å². The maximum atomic E-state index is 12.5. The van der Waals surface area contributed by atoms with E-state index in [0.29, 0.717) is 24.7 Å². The van der Waals surface area contributed by atoms with Gasteiger partial charge in [0.15, 0.2) is 0 Å². The first-order chi connectivity index (χ1) is 13.5. The summed E-state index contributed by atoms with van der Waals surface area (Å²) in [6.07, 6.45) is 0.496. The van der Waals surface area contributed by atoms with Gasteiger partial charge >= 0.3 is 0 Å². The Balaban J connectivity index is 1.48. The van der Waals surface area contributed by atoms with Crippen molar-refractivity contribution in [3.05, 3.63) is 60.0 Å². The maximum absolute atomic E-state index is 12.5. The predicted octanol–water partition coefficient (Wildman–Crippen LogP) is 4.35. The molecule has 0 spiro atoms. The number of benzene rings is 2. The first-order valence-electron chi connectivity index (χ1n) is 9.47. The van der Waals surface area contributed by atoms with E-state index in [4.69, 9.17) is 9.26 Å². The minimum absolute atomic E-state index is 0.0730. The van der Waals surface area contributed by atoms with Gasteiger partial charge in [-0.2, -0.15) is 4.98 Å². The lowest BCUT2D eigenvalue weighted by Gasteiger charge is -2.16.